The van der Waals surface area contributed by atoms with Crippen molar-refractivity contribution in [3.05, 3.63) is 41.6 Å². The van der Waals surface area contributed by atoms with E-state index in [0.29, 0.717) is 39.0 Å². The highest BCUT2D eigenvalue weighted by atomic mass is 16.5. The summed E-state index contributed by atoms with van der Waals surface area (Å²) in [7, 11) is 0. The van der Waals surface area contributed by atoms with E-state index in [2.05, 4.69) is 27.4 Å². The molecule has 0 amide bonds. The molecule has 4 N–H and O–H groups in total. The predicted molar refractivity (Wildman–Crippen MR) is 112 cm³/mol. The van der Waals surface area contributed by atoms with Crippen molar-refractivity contribution in [3.63, 3.8) is 0 Å². The molecule has 0 fully saturated rings. The molecule has 1 unspecified atom stereocenters. The second-order valence-electron chi connectivity index (χ2n) is 6.90. The van der Waals surface area contributed by atoms with Gasteiger partial charge < -0.3 is 15.8 Å². The SMILES string of the molecule is CC(CN=C=O)c1ccc2ncc(CCCC(=O)OCCCNC(=N)N)cc2c1. The van der Waals surface area contributed by atoms with Gasteiger partial charge in [-0.3, -0.25) is 15.2 Å². The zero-order valence-electron chi connectivity index (χ0n) is 16.6. The molecule has 1 atom stereocenters. The van der Waals surface area contributed by atoms with Crippen LogP contribution in [0.3, 0.4) is 0 Å². The average molecular weight is 397 g/mol. The van der Waals surface area contributed by atoms with Crippen LogP contribution in [0.4, 0.5) is 0 Å². The normalized spacial score (nSPS) is 11.5. The molecule has 2 aromatic rings. The fourth-order valence-corrected chi connectivity index (χ4v) is 2.91. The minimum Gasteiger partial charge on any atom is -0.466 e. The van der Waals surface area contributed by atoms with Gasteiger partial charge in [0.15, 0.2) is 5.96 Å². The summed E-state index contributed by atoms with van der Waals surface area (Å²) in [5.41, 5.74) is 8.24. The highest BCUT2D eigenvalue weighted by Crippen LogP contribution is 2.22. The number of carbonyl (C=O) groups is 1. The Hall–Kier alpha value is -3.25. The molecule has 0 radical (unpaired) electrons. The number of nitrogens with one attached hydrogen (secondary N) is 2. The van der Waals surface area contributed by atoms with Crippen molar-refractivity contribution in [2.75, 3.05) is 19.7 Å². The Kier molecular flexibility index (Phi) is 8.79. The lowest BCUT2D eigenvalue weighted by atomic mass is 9.98. The number of esters is 1. The first-order valence-electron chi connectivity index (χ1n) is 9.65. The largest absolute Gasteiger partial charge is 0.466 e. The molecule has 8 heteroatoms. The van der Waals surface area contributed by atoms with Gasteiger partial charge in [-0.25, -0.2) is 9.79 Å². The van der Waals surface area contributed by atoms with E-state index in [4.69, 9.17) is 15.9 Å². The molecule has 1 aromatic carbocycles. The van der Waals surface area contributed by atoms with Gasteiger partial charge in [0, 0.05) is 30.5 Å². The monoisotopic (exact) mass is 397 g/mol. The maximum absolute atomic E-state index is 11.8. The van der Waals surface area contributed by atoms with Crippen LogP contribution in [0.25, 0.3) is 10.9 Å². The van der Waals surface area contributed by atoms with Gasteiger partial charge in [0.25, 0.3) is 0 Å². The zero-order chi connectivity index (χ0) is 21.1. The maximum Gasteiger partial charge on any atom is 0.305 e. The lowest BCUT2D eigenvalue weighted by Crippen LogP contribution is -2.31. The van der Waals surface area contributed by atoms with Gasteiger partial charge in [-0.05, 0) is 48.6 Å². The summed E-state index contributed by atoms with van der Waals surface area (Å²) in [5, 5.41) is 10.7. The van der Waals surface area contributed by atoms with Crippen molar-refractivity contribution < 1.29 is 14.3 Å². The zero-order valence-corrected chi connectivity index (χ0v) is 16.6. The van der Waals surface area contributed by atoms with Crippen molar-refractivity contribution in [1.82, 2.24) is 10.3 Å². The number of carbonyl (C=O) groups excluding carboxylic acids is 2. The number of benzene rings is 1. The summed E-state index contributed by atoms with van der Waals surface area (Å²) in [4.78, 5) is 30.2. The smallest absolute Gasteiger partial charge is 0.305 e. The highest BCUT2D eigenvalue weighted by molar-refractivity contribution is 5.80. The number of nitrogens with zero attached hydrogens (tertiary/aromatic N) is 2. The summed E-state index contributed by atoms with van der Waals surface area (Å²) < 4.78 is 5.16. The third-order valence-corrected chi connectivity index (χ3v) is 4.51. The first kappa shape index (κ1) is 22.0. The molecular weight excluding hydrogens is 370 g/mol. The fourth-order valence-electron chi connectivity index (χ4n) is 2.91. The Morgan fingerprint density at radius 2 is 2.21 bits per heavy atom. The van der Waals surface area contributed by atoms with Crippen LogP contribution < -0.4 is 11.1 Å². The molecule has 0 aliphatic carbocycles. The number of guanidine groups is 1. The average Bonchev–Trinajstić information content (AvgIpc) is 2.71. The summed E-state index contributed by atoms with van der Waals surface area (Å²) in [6.07, 6.45) is 5.79. The Bertz CT molecular complexity index is 893. The second kappa shape index (κ2) is 11.6. The Morgan fingerprint density at radius 3 is 2.97 bits per heavy atom. The highest BCUT2D eigenvalue weighted by Gasteiger charge is 2.08. The molecule has 8 nitrogen and oxygen atoms in total. The standard InChI is InChI=1S/C21H27N5O3/c1-15(12-24-14-27)17-6-7-19-18(11-17)10-16(13-26-19)4-2-5-20(28)29-9-3-8-25-21(22)23/h6-7,10-11,13,15H,2-5,8-9,12H2,1H3,(H4,22,23,25). The number of rotatable bonds is 11. The molecule has 0 aliphatic rings. The number of aryl methyl sites for hydroxylation is 1. The molecule has 0 aliphatic heterocycles. The quantitative estimate of drug-likeness (QED) is 0.175. The van der Waals surface area contributed by atoms with Crippen LogP contribution in [0.15, 0.2) is 35.5 Å². The Balaban J connectivity index is 1.82. The minimum absolute atomic E-state index is 0.0867. The van der Waals surface area contributed by atoms with Crippen LogP contribution in [0.1, 0.15) is 43.2 Å². The molecule has 1 aromatic heterocycles. The van der Waals surface area contributed by atoms with Crippen molar-refractivity contribution in [3.8, 4) is 0 Å². The first-order chi connectivity index (χ1) is 14.0. The number of nitrogens with two attached hydrogens (primary N) is 1. The molecule has 1 heterocycles. The summed E-state index contributed by atoms with van der Waals surface area (Å²) in [5.74, 6) is -0.185. The molecule has 29 heavy (non-hydrogen) atoms. The predicted octanol–water partition coefficient (Wildman–Crippen LogP) is 2.41. The second-order valence-corrected chi connectivity index (χ2v) is 6.90. The molecule has 154 valence electrons. The number of hydrogen-bond acceptors (Lipinski definition) is 6. The van der Waals surface area contributed by atoms with E-state index in [-0.39, 0.29) is 17.8 Å². The van der Waals surface area contributed by atoms with Crippen LogP contribution in [0.5, 0.6) is 0 Å². The summed E-state index contributed by atoms with van der Waals surface area (Å²) in [6, 6.07) is 8.12. The molecule has 0 bridgehead atoms. The summed E-state index contributed by atoms with van der Waals surface area (Å²) >= 11 is 0. The van der Waals surface area contributed by atoms with Crippen LogP contribution in [0.2, 0.25) is 0 Å². The van der Waals surface area contributed by atoms with E-state index in [0.717, 1.165) is 28.5 Å². The van der Waals surface area contributed by atoms with E-state index < -0.39 is 0 Å². The first-order valence-corrected chi connectivity index (χ1v) is 9.65. The molecule has 0 saturated heterocycles. The van der Waals surface area contributed by atoms with Crippen LogP contribution in [-0.4, -0.2) is 42.7 Å². The Morgan fingerprint density at radius 1 is 1.38 bits per heavy atom. The van der Waals surface area contributed by atoms with Crippen LogP contribution in [0, 0.1) is 5.41 Å². The van der Waals surface area contributed by atoms with Crippen LogP contribution >= 0.6 is 0 Å². The number of isocyanates is 1. The van der Waals surface area contributed by atoms with Gasteiger partial charge >= 0.3 is 5.97 Å². The minimum atomic E-state index is -0.228. The van der Waals surface area contributed by atoms with Crippen molar-refractivity contribution in [2.45, 2.75) is 38.5 Å². The van der Waals surface area contributed by atoms with Gasteiger partial charge in [-0.15, -0.1) is 0 Å². The number of aliphatic imine (C=N–C) groups is 1. The lowest BCUT2D eigenvalue weighted by Gasteiger charge is -2.10. The van der Waals surface area contributed by atoms with Crippen molar-refractivity contribution in [1.29, 1.82) is 5.41 Å². The molecule has 2 rings (SSSR count). The van der Waals surface area contributed by atoms with Crippen molar-refractivity contribution in [2.24, 2.45) is 10.7 Å². The van der Waals surface area contributed by atoms with Gasteiger partial charge in [0.1, 0.15) is 0 Å². The van der Waals surface area contributed by atoms with E-state index in [9.17, 15) is 9.59 Å². The lowest BCUT2D eigenvalue weighted by molar-refractivity contribution is -0.143. The molecule has 0 saturated carbocycles. The fraction of sp³-hybridized carbons (Fsp3) is 0.429. The van der Waals surface area contributed by atoms with E-state index in [1.54, 1.807) is 6.08 Å². The molecular formula is C21H27N5O3. The number of hydrogen-bond donors (Lipinski definition) is 3. The topological polar surface area (TPSA) is 131 Å². The number of pyridine rings is 1. The van der Waals surface area contributed by atoms with E-state index >= 15 is 0 Å². The van der Waals surface area contributed by atoms with Crippen molar-refractivity contribution >= 4 is 28.9 Å². The number of fused-ring (bicyclic) bond motifs is 1. The third-order valence-electron chi connectivity index (χ3n) is 4.51. The van der Waals surface area contributed by atoms with Gasteiger partial charge in [-0.1, -0.05) is 13.0 Å². The number of aromatic nitrogens is 1. The van der Waals surface area contributed by atoms with E-state index in [1.807, 2.05) is 25.3 Å². The van der Waals surface area contributed by atoms with Gasteiger partial charge in [-0.2, -0.15) is 0 Å². The molecule has 0 spiro atoms. The summed E-state index contributed by atoms with van der Waals surface area (Å²) in [6.45, 7) is 3.25. The number of ether oxygens (including phenoxy) is 1. The Labute approximate surface area is 170 Å². The maximum atomic E-state index is 11.8. The van der Waals surface area contributed by atoms with Gasteiger partial charge in [0.05, 0.1) is 18.7 Å². The van der Waals surface area contributed by atoms with E-state index in [1.165, 1.54) is 0 Å². The van der Waals surface area contributed by atoms with Gasteiger partial charge in [0.2, 0.25) is 6.08 Å². The van der Waals surface area contributed by atoms with Crippen LogP contribution in [-0.2, 0) is 20.7 Å². The third kappa shape index (κ3) is 7.71.